The lowest BCUT2D eigenvalue weighted by Gasteiger charge is -2.17. The predicted molar refractivity (Wildman–Crippen MR) is 112 cm³/mol. The van der Waals surface area contributed by atoms with Crippen LogP contribution in [0.5, 0.6) is 0 Å². The number of aliphatic carboxylic acids is 1. The first-order chi connectivity index (χ1) is 13.8. The first-order valence-corrected chi connectivity index (χ1v) is 10.3. The van der Waals surface area contributed by atoms with Gasteiger partial charge < -0.3 is 37.8 Å². The van der Waals surface area contributed by atoms with Crippen LogP contribution in [0.1, 0.15) is 32.1 Å². The predicted octanol–water partition coefficient (Wildman–Crippen LogP) is -2.46. The Kier molecular flexibility index (Phi) is 15.9. The molecule has 0 aromatic carbocycles. The largest absolute Gasteiger partial charge is 0.480 e. The fourth-order valence-corrected chi connectivity index (χ4v) is 2.44. The van der Waals surface area contributed by atoms with Crippen LogP contribution >= 0.6 is 12.6 Å². The van der Waals surface area contributed by atoms with Crippen molar-refractivity contribution in [3.05, 3.63) is 0 Å². The van der Waals surface area contributed by atoms with Crippen molar-refractivity contribution in [3.8, 4) is 0 Å². The van der Waals surface area contributed by atoms with Crippen LogP contribution < -0.4 is 32.7 Å². The maximum Gasteiger partial charge on any atom is 0.320 e. The van der Waals surface area contributed by atoms with E-state index in [0.717, 1.165) is 32.4 Å². The molecule has 168 valence electrons. The van der Waals surface area contributed by atoms with E-state index >= 15 is 0 Å². The molecule has 0 fully saturated rings. The number of unbranched alkanes of at least 4 members (excludes halogenated alkanes) is 1. The van der Waals surface area contributed by atoms with Gasteiger partial charge in [0.15, 0.2) is 0 Å². The summed E-state index contributed by atoms with van der Waals surface area (Å²) in [6.45, 7) is 2.61. The summed E-state index contributed by atoms with van der Waals surface area (Å²) in [5, 5.41) is 19.5. The standard InChI is InChI=1S/C17H34N6O5S/c18-6-1-2-7-20-8-3-9-21-15(25)10-22-16(26)13(11-29)23-14(24)5-4-12(19)17(27)28/h12-13,20,29H,1-11,18-19H2,(H,21,25)(H,22,26)(H,23,24)(H,27,28)/t12-,13+/m1/s1. The van der Waals surface area contributed by atoms with E-state index in [1.165, 1.54) is 0 Å². The summed E-state index contributed by atoms with van der Waals surface area (Å²) >= 11 is 4.02. The van der Waals surface area contributed by atoms with Crippen LogP contribution in [0, 0.1) is 0 Å². The average Bonchev–Trinajstić information content (AvgIpc) is 2.70. The Labute approximate surface area is 176 Å². The van der Waals surface area contributed by atoms with Gasteiger partial charge in [-0.15, -0.1) is 0 Å². The molecule has 9 N–H and O–H groups in total. The Hall–Kier alpha value is -1.89. The van der Waals surface area contributed by atoms with Crippen LogP contribution in [0.4, 0.5) is 0 Å². The number of carbonyl (C=O) groups excluding carboxylic acids is 3. The number of carbonyl (C=O) groups is 4. The van der Waals surface area contributed by atoms with Gasteiger partial charge in [0, 0.05) is 18.7 Å². The molecule has 0 spiro atoms. The van der Waals surface area contributed by atoms with Crippen molar-refractivity contribution in [2.24, 2.45) is 11.5 Å². The van der Waals surface area contributed by atoms with Crippen molar-refractivity contribution in [1.82, 2.24) is 21.3 Å². The Morgan fingerprint density at radius 3 is 2.28 bits per heavy atom. The van der Waals surface area contributed by atoms with Gasteiger partial charge in [-0.25, -0.2) is 0 Å². The summed E-state index contributed by atoms with van der Waals surface area (Å²) in [5.41, 5.74) is 10.7. The first kappa shape index (κ1) is 27.1. The molecule has 0 unspecified atom stereocenters. The van der Waals surface area contributed by atoms with E-state index < -0.39 is 29.9 Å². The van der Waals surface area contributed by atoms with Crippen LogP contribution in [0.2, 0.25) is 0 Å². The SMILES string of the molecule is NCCCCNCCCNC(=O)CNC(=O)[C@H](CS)NC(=O)CC[C@@H](N)C(=O)O. The van der Waals surface area contributed by atoms with Gasteiger partial charge in [0.1, 0.15) is 12.1 Å². The second kappa shape index (κ2) is 17.0. The van der Waals surface area contributed by atoms with E-state index in [9.17, 15) is 19.2 Å². The zero-order chi connectivity index (χ0) is 22.1. The fourth-order valence-electron chi connectivity index (χ4n) is 2.18. The van der Waals surface area contributed by atoms with E-state index in [-0.39, 0.29) is 31.0 Å². The Bertz CT molecular complexity index is 523. The van der Waals surface area contributed by atoms with Gasteiger partial charge in [-0.1, -0.05) is 0 Å². The Morgan fingerprint density at radius 2 is 1.66 bits per heavy atom. The highest BCUT2D eigenvalue weighted by Gasteiger charge is 2.21. The average molecular weight is 435 g/mol. The summed E-state index contributed by atoms with van der Waals surface area (Å²) < 4.78 is 0. The number of rotatable bonds is 17. The smallest absolute Gasteiger partial charge is 0.320 e. The molecule has 0 saturated heterocycles. The fraction of sp³-hybridized carbons (Fsp3) is 0.765. The summed E-state index contributed by atoms with van der Waals surface area (Å²) in [7, 11) is 0. The summed E-state index contributed by atoms with van der Waals surface area (Å²) in [5.74, 6) is -2.57. The lowest BCUT2D eigenvalue weighted by molar-refractivity contribution is -0.138. The first-order valence-electron chi connectivity index (χ1n) is 9.65. The van der Waals surface area contributed by atoms with Crippen molar-refractivity contribution in [2.45, 2.75) is 44.2 Å². The molecular formula is C17H34N6O5S. The van der Waals surface area contributed by atoms with Gasteiger partial charge in [0.25, 0.3) is 0 Å². The van der Waals surface area contributed by atoms with Crippen molar-refractivity contribution in [2.75, 3.05) is 38.5 Å². The van der Waals surface area contributed by atoms with Crippen molar-refractivity contribution < 1.29 is 24.3 Å². The van der Waals surface area contributed by atoms with Crippen molar-refractivity contribution in [3.63, 3.8) is 0 Å². The normalized spacial score (nSPS) is 12.7. The highest BCUT2D eigenvalue weighted by atomic mass is 32.1. The van der Waals surface area contributed by atoms with E-state index in [2.05, 4.69) is 33.9 Å². The third kappa shape index (κ3) is 14.7. The third-order valence-corrected chi connectivity index (χ3v) is 4.28. The van der Waals surface area contributed by atoms with Crippen LogP contribution in [-0.4, -0.2) is 79.4 Å². The highest BCUT2D eigenvalue weighted by molar-refractivity contribution is 7.80. The number of thiol groups is 1. The molecule has 0 aromatic heterocycles. The zero-order valence-electron chi connectivity index (χ0n) is 16.6. The van der Waals surface area contributed by atoms with Crippen LogP contribution in [0.3, 0.4) is 0 Å². The number of hydrogen-bond acceptors (Lipinski definition) is 8. The molecule has 11 nitrogen and oxygen atoms in total. The minimum Gasteiger partial charge on any atom is -0.480 e. The van der Waals surface area contributed by atoms with Crippen molar-refractivity contribution >= 4 is 36.3 Å². The molecule has 2 atom stereocenters. The molecule has 0 aliphatic rings. The maximum absolute atomic E-state index is 12.1. The number of hydrogen-bond donors (Lipinski definition) is 8. The minimum atomic E-state index is -1.20. The second-order valence-corrected chi connectivity index (χ2v) is 6.82. The molecule has 29 heavy (non-hydrogen) atoms. The molecule has 0 radical (unpaired) electrons. The molecular weight excluding hydrogens is 400 g/mol. The molecule has 0 aromatic rings. The molecule has 12 heteroatoms. The van der Waals surface area contributed by atoms with Gasteiger partial charge in [-0.3, -0.25) is 19.2 Å². The van der Waals surface area contributed by atoms with Crippen molar-refractivity contribution in [1.29, 1.82) is 0 Å². The van der Waals surface area contributed by atoms with Crippen LogP contribution in [-0.2, 0) is 19.2 Å². The van der Waals surface area contributed by atoms with E-state index in [4.69, 9.17) is 16.6 Å². The lowest BCUT2D eigenvalue weighted by atomic mass is 10.1. The highest BCUT2D eigenvalue weighted by Crippen LogP contribution is 1.97. The van der Waals surface area contributed by atoms with E-state index in [1.807, 2.05) is 0 Å². The summed E-state index contributed by atoms with van der Waals surface area (Å²) in [6.07, 6.45) is 2.57. The number of nitrogens with one attached hydrogen (secondary N) is 4. The topological polar surface area (TPSA) is 189 Å². The summed E-state index contributed by atoms with van der Waals surface area (Å²) in [6, 6.07) is -2.08. The molecule has 3 amide bonds. The number of amides is 3. The molecule has 0 bridgehead atoms. The molecule has 0 saturated carbocycles. The van der Waals surface area contributed by atoms with Gasteiger partial charge in [-0.05, 0) is 45.3 Å². The third-order valence-electron chi connectivity index (χ3n) is 3.92. The Morgan fingerprint density at radius 1 is 0.966 bits per heavy atom. The van der Waals surface area contributed by atoms with E-state index in [1.54, 1.807) is 0 Å². The van der Waals surface area contributed by atoms with Gasteiger partial charge in [-0.2, -0.15) is 12.6 Å². The molecule has 0 heterocycles. The monoisotopic (exact) mass is 434 g/mol. The van der Waals surface area contributed by atoms with Gasteiger partial charge in [0.2, 0.25) is 17.7 Å². The Balaban J connectivity index is 3.96. The summed E-state index contributed by atoms with van der Waals surface area (Å²) in [4.78, 5) is 46.3. The second-order valence-electron chi connectivity index (χ2n) is 6.45. The molecule has 0 aliphatic heterocycles. The van der Waals surface area contributed by atoms with E-state index in [0.29, 0.717) is 13.1 Å². The molecule has 0 rings (SSSR count). The van der Waals surface area contributed by atoms with Gasteiger partial charge >= 0.3 is 5.97 Å². The number of carboxylic acid groups (broad SMARTS) is 1. The van der Waals surface area contributed by atoms with Crippen LogP contribution in [0.25, 0.3) is 0 Å². The quantitative estimate of drug-likeness (QED) is 0.0913. The lowest BCUT2D eigenvalue weighted by Crippen LogP contribution is -2.50. The minimum absolute atomic E-state index is 0.0278. The van der Waals surface area contributed by atoms with Gasteiger partial charge in [0.05, 0.1) is 6.54 Å². The zero-order valence-corrected chi connectivity index (χ0v) is 17.5. The molecule has 0 aliphatic carbocycles. The van der Waals surface area contributed by atoms with Crippen LogP contribution in [0.15, 0.2) is 0 Å². The number of carboxylic acids is 1. The maximum atomic E-state index is 12.1. The number of nitrogens with two attached hydrogens (primary N) is 2.